The maximum Gasteiger partial charge on any atom is 0.245 e. The zero-order chi connectivity index (χ0) is 23.5. The molecule has 2 fully saturated rings. The molecule has 2 radical (unpaired) electrons. The topological polar surface area (TPSA) is 123 Å². The minimum absolute atomic E-state index is 0.00710. The molecule has 0 bridgehead atoms. The van der Waals surface area contributed by atoms with E-state index >= 15 is 0 Å². The summed E-state index contributed by atoms with van der Waals surface area (Å²) in [7, 11) is 5.34. The quantitative estimate of drug-likeness (QED) is 0.461. The summed E-state index contributed by atoms with van der Waals surface area (Å²) in [5.74, 6) is -0.200. The number of nitrogens with one attached hydrogen (secondary N) is 1. The zero-order valence-corrected chi connectivity index (χ0v) is 18.6. The molecule has 11 heteroatoms. The Morgan fingerprint density at radius 3 is 2.58 bits per heavy atom. The fraction of sp³-hybridized carbons (Fsp3) is 0.409. The number of ketones is 1. The molecule has 3 aromatic rings. The molecule has 1 N–H and O–H groups in total. The second-order valence-corrected chi connectivity index (χ2v) is 9.07. The van der Waals surface area contributed by atoms with E-state index in [-0.39, 0.29) is 41.3 Å². The summed E-state index contributed by atoms with van der Waals surface area (Å²) in [6.45, 7) is 5.18. The fourth-order valence-electron chi connectivity index (χ4n) is 4.80. The zero-order valence-electron chi connectivity index (χ0n) is 18.6. The van der Waals surface area contributed by atoms with Gasteiger partial charge in [-0.1, -0.05) is 6.92 Å². The van der Waals surface area contributed by atoms with Crippen LogP contribution in [-0.4, -0.2) is 67.3 Å². The number of fused-ring (bicyclic) bond motifs is 2. The van der Waals surface area contributed by atoms with Gasteiger partial charge in [0.2, 0.25) is 19.8 Å². The molecule has 1 aliphatic carbocycles. The Morgan fingerprint density at radius 2 is 1.91 bits per heavy atom. The number of pyridine rings is 1. The highest BCUT2D eigenvalue weighted by atomic mass is 16.2. The van der Waals surface area contributed by atoms with E-state index < -0.39 is 6.04 Å². The normalized spacial score (nSPS) is 23.4. The summed E-state index contributed by atoms with van der Waals surface area (Å²) in [6, 6.07) is 1.16. The van der Waals surface area contributed by atoms with Crippen LogP contribution in [0.25, 0.3) is 22.2 Å². The standard InChI is InChI=1S/C22H22BN7O3/c1-11(31)20-14-4-15(13-7-24-12(2)25-8-13)26-9-17(14)29(28-20)10-19(32)30-16(21(33)27-23)5-22(3)6-18(22)30/h4,7-9,16,18H,5-6,10H2,1-3H3,(H,27,33)/t16-,18+,22-/m0/s1. The number of amides is 2. The third-order valence-corrected chi connectivity index (χ3v) is 6.70. The monoisotopic (exact) mass is 443 g/mol. The maximum absolute atomic E-state index is 13.3. The number of piperidine rings is 1. The predicted octanol–water partition coefficient (Wildman–Crippen LogP) is 0.979. The van der Waals surface area contributed by atoms with Crippen molar-refractivity contribution in [2.45, 2.75) is 52.2 Å². The first-order valence-electron chi connectivity index (χ1n) is 10.7. The minimum atomic E-state index is -0.605. The molecule has 0 unspecified atom stereocenters. The van der Waals surface area contributed by atoms with Gasteiger partial charge in [0.15, 0.2) is 5.78 Å². The molecule has 0 aromatic carbocycles. The van der Waals surface area contributed by atoms with Crippen LogP contribution in [-0.2, 0) is 16.1 Å². The van der Waals surface area contributed by atoms with Gasteiger partial charge in [0.05, 0.1) is 17.4 Å². The van der Waals surface area contributed by atoms with Gasteiger partial charge in [-0.3, -0.25) is 24.0 Å². The minimum Gasteiger partial charge on any atom is -0.407 e. The highest BCUT2D eigenvalue weighted by molar-refractivity contribution is 6.15. The lowest BCUT2D eigenvalue weighted by Crippen LogP contribution is -2.48. The highest BCUT2D eigenvalue weighted by Crippen LogP contribution is 2.59. The van der Waals surface area contributed by atoms with Gasteiger partial charge in [-0.05, 0) is 31.2 Å². The van der Waals surface area contributed by atoms with Crippen LogP contribution in [0.4, 0.5) is 0 Å². The smallest absolute Gasteiger partial charge is 0.245 e. The van der Waals surface area contributed by atoms with Crippen molar-refractivity contribution in [3.63, 3.8) is 0 Å². The third kappa shape index (κ3) is 3.47. The average molecular weight is 443 g/mol. The number of aromatic nitrogens is 5. The molecule has 1 saturated heterocycles. The molecule has 3 atom stereocenters. The summed E-state index contributed by atoms with van der Waals surface area (Å²) in [5.41, 5.74) is 2.06. The number of hydrogen-bond acceptors (Lipinski definition) is 7. The molecule has 1 aliphatic heterocycles. The molecule has 10 nitrogen and oxygen atoms in total. The van der Waals surface area contributed by atoms with E-state index in [4.69, 9.17) is 7.98 Å². The van der Waals surface area contributed by atoms with E-state index in [1.165, 1.54) is 11.6 Å². The molecule has 5 rings (SSSR count). The number of aryl methyl sites for hydroxylation is 1. The lowest BCUT2D eigenvalue weighted by molar-refractivity contribution is -0.139. The molecule has 0 spiro atoms. The average Bonchev–Trinajstić information content (AvgIpc) is 3.16. The number of likely N-dealkylation sites (tertiary alicyclic amines) is 1. The number of hydrogen-bond donors (Lipinski definition) is 1. The van der Waals surface area contributed by atoms with Crippen LogP contribution in [0.1, 0.15) is 43.0 Å². The number of rotatable bonds is 5. The molecule has 2 aliphatic rings. The Balaban J connectivity index is 1.49. The Hall–Kier alpha value is -3.63. The van der Waals surface area contributed by atoms with Gasteiger partial charge in [0.1, 0.15) is 24.1 Å². The highest BCUT2D eigenvalue weighted by Gasteiger charge is 2.64. The molecule has 33 heavy (non-hydrogen) atoms. The van der Waals surface area contributed by atoms with E-state index in [1.54, 1.807) is 36.5 Å². The first-order chi connectivity index (χ1) is 15.7. The summed E-state index contributed by atoms with van der Waals surface area (Å²) in [6.07, 6.45) is 6.36. The van der Waals surface area contributed by atoms with Crippen molar-refractivity contribution in [3.05, 3.63) is 36.2 Å². The van der Waals surface area contributed by atoms with Crippen LogP contribution in [0.2, 0.25) is 0 Å². The SMILES string of the molecule is [B]NC(=O)[C@@H]1C[C@@]2(C)C[C@H]2N1C(=O)Cn1nc(C(C)=O)c2cc(-c3cnc(C)nc3)ncc21. The number of carbonyl (C=O) groups is 3. The molecule has 1 saturated carbocycles. The van der Waals surface area contributed by atoms with Crippen molar-refractivity contribution < 1.29 is 14.4 Å². The van der Waals surface area contributed by atoms with E-state index in [0.29, 0.717) is 34.4 Å². The number of carbonyl (C=O) groups excluding carboxylic acids is 3. The Bertz CT molecular complexity index is 1310. The lowest BCUT2D eigenvalue weighted by Gasteiger charge is -2.26. The largest absolute Gasteiger partial charge is 0.407 e. The number of Topliss-reactive ketones (excluding diaryl/α,β-unsaturated/α-hetero) is 1. The maximum atomic E-state index is 13.3. The van der Waals surface area contributed by atoms with Crippen LogP contribution >= 0.6 is 0 Å². The second kappa shape index (κ2) is 7.46. The van der Waals surface area contributed by atoms with Gasteiger partial charge in [-0.15, -0.1) is 0 Å². The van der Waals surface area contributed by atoms with Crippen LogP contribution in [0.5, 0.6) is 0 Å². The molecule has 2 amide bonds. The molecule has 4 heterocycles. The fourth-order valence-corrected chi connectivity index (χ4v) is 4.80. The van der Waals surface area contributed by atoms with Crippen molar-refractivity contribution in [1.29, 1.82) is 0 Å². The van der Waals surface area contributed by atoms with Gasteiger partial charge in [-0.25, -0.2) is 9.97 Å². The van der Waals surface area contributed by atoms with E-state index in [9.17, 15) is 14.4 Å². The van der Waals surface area contributed by atoms with Crippen LogP contribution in [0.15, 0.2) is 24.7 Å². The van der Waals surface area contributed by atoms with Crippen molar-refractivity contribution in [1.82, 2.24) is 34.9 Å². The van der Waals surface area contributed by atoms with E-state index in [1.807, 2.05) is 0 Å². The van der Waals surface area contributed by atoms with Crippen molar-refractivity contribution in [3.8, 4) is 11.3 Å². The van der Waals surface area contributed by atoms with Gasteiger partial charge in [0.25, 0.3) is 0 Å². The lowest BCUT2D eigenvalue weighted by atomic mass is 10.0. The Kier molecular flexibility index (Phi) is 4.80. The first kappa shape index (κ1) is 21.2. The van der Waals surface area contributed by atoms with Crippen molar-refractivity contribution in [2.24, 2.45) is 5.41 Å². The second-order valence-electron chi connectivity index (χ2n) is 9.07. The van der Waals surface area contributed by atoms with E-state index in [0.717, 1.165) is 6.42 Å². The predicted molar refractivity (Wildman–Crippen MR) is 119 cm³/mol. The number of nitrogens with zero attached hydrogens (tertiary/aromatic N) is 6. The molecular formula is C22H22BN7O3. The summed E-state index contributed by atoms with van der Waals surface area (Å²) >= 11 is 0. The van der Waals surface area contributed by atoms with Gasteiger partial charge < -0.3 is 10.1 Å². The molecule has 3 aromatic heterocycles. The Morgan fingerprint density at radius 1 is 1.18 bits per heavy atom. The summed E-state index contributed by atoms with van der Waals surface area (Å²) < 4.78 is 1.48. The molecule has 166 valence electrons. The van der Waals surface area contributed by atoms with E-state index in [2.05, 4.69) is 32.2 Å². The van der Waals surface area contributed by atoms with Crippen LogP contribution in [0, 0.1) is 12.3 Å². The summed E-state index contributed by atoms with van der Waals surface area (Å²) in [5, 5.41) is 7.18. The third-order valence-electron chi connectivity index (χ3n) is 6.70. The van der Waals surface area contributed by atoms with Gasteiger partial charge in [-0.2, -0.15) is 5.10 Å². The van der Waals surface area contributed by atoms with Gasteiger partial charge >= 0.3 is 0 Å². The molecular weight excluding hydrogens is 421 g/mol. The van der Waals surface area contributed by atoms with Crippen molar-refractivity contribution in [2.75, 3.05) is 0 Å². The van der Waals surface area contributed by atoms with Crippen LogP contribution < -0.4 is 5.23 Å². The Labute approximate surface area is 191 Å². The van der Waals surface area contributed by atoms with Crippen molar-refractivity contribution >= 4 is 36.5 Å². The van der Waals surface area contributed by atoms with Gasteiger partial charge in [0, 0.05) is 36.3 Å². The summed E-state index contributed by atoms with van der Waals surface area (Å²) in [4.78, 5) is 52.4. The van der Waals surface area contributed by atoms with Crippen LogP contribution in [0.3, 0.4) is 0 Å². The first-order valence-corrected chi connectivity index (χ1v) is 10.7.